The highest BCUT2D eigenvalue weighted by Crippen LogP contribution is 2.53. The fourth-order valence-corrected chi connectivity index (χ4v) is 3.58. The molecule has 3 aromatic carbocycles. The highest BCUT2D eigenvalue weighted by Gasteiger charge is 2.63. The molecule has 0 aromatic heterocycles. The standard InChI is InChI=1S/C22H17F2NO/c23-19-13-7-12-18(14-19)22(24)20(17-10-5-2-6-11-17)25(21(22)26)15-16-8-3-1-4-9-16/h1-14,20H,15H2/t20-,22+/m0/s1. The lowest BCUT2D eigenvalue weighted by Crippen LogP contribution is -2.63. The molecule has 0 bridgehead atoms. The molecule has 0 unspecified atom stereocenters. The van der Waals surface area contributed by atoms with Crippen molar-refractivity contribution in [2.24, 2.45) is 0 Å². The van der Waals surface area contributed by atoms with Crippen molar-refractivity contribution in [2.45, 2.75) is 18.3 Å². The van der Waals surface area contributed by atoms with E-state index >= 15 is 4.39 Å². The molecule has 2 atom stereocenters. The van der Waals surface area contributed by atoms with E-state index in [4.69, 9.17) is 0 Å². The number of halogens is 2. The van der Waals surface area contributed by atoms with Gasteiger partial charge in [-0.25, -0.2) is 8.78 Å². The predicted molar refractivity (Wildman–Crippen MR) is 95.4 cm³/mol. The summed E-state index contributed by atoms with van der Waals surface area (Å²) in [5.74, 6) is -1.19. The third-order valence-electron chi connectivity index (χ3n) is 4.82. The summed E-state index contributed by atoms with van der Waals surface area (Å²) in [6.45, 7) is 0.306. The molecule has 0 N–H and O–H groups in total. The highest BCUT2D eigenvalue weighted by atomic mass is 19.1. The quantitative estimate of drug-likeness (QED) is 0.621. The van der Waals surface area contributed by atoms with Crippen molar-refractivity contribution in [1.29, 1.82) is 0 Å². The SMILES string of the molecule is O=C1N(Cc2ccccc2)[C@@H](c2ccccc2)[C@]1(F)c1cccc(F)c1. The Labute approximate surface area is 150 Å². The molecular weight excluding hydrogens is 332 g/mol. The number of carbonyl (C=O) groups excluding carboxylic acids is 1. The number of alkyl halides is 1. The van der Waals surface area contributed by atoms with E-state index in [1.807, 2.05) is 48.5 Å². The number of amides is 1. The van der Waals surface area contributed by atoms with Crippen molar-refractivity contribution in [2.75, 3.05) is 0 Å². The summed E-state index contributed by atoms with van der Waals surface area (Å²) < 4.78 is 29.6. The molecule has 0 aliphatic carbocycles. The molecule has 2 nitrogen and oxygen atoms in total. The Bertz CT molecular complexity index is 929. The van der Waals surface area contributed by atoms with Crippen LogP contribution in [-0.2, 0) is 17.0 Å². The Balaban J connectivity index is 1.76. The molecule has 1 amide bonds. The minimum absolute atomic E-state index is 0.0562. The van der Waals surface area contributed by atoms with Gasteiger partial charge in [0, 0.05) is 12.1 Å². The van der Waals surface area contributed by atoms with Crippen LogP contribution in [0.3, 0.4) is 0 Å². The van der Waals surface area contributed by atoms with Crippen LogP contribution in [0.15, 0.2) is 84.9 Å². The Hall–Kier alpha value is -3.01. The number of hydrogen-bond acceptors (Lipinski definition) is 1. The van der Waals surface area contributed by atoms with E-state index in [9.17, 15) is 9.18 Å². The van der Waals surface area contributed by atoms with Gasteiger partial charge in [0.2, 0.25) is 5.67 Å². The molecule has 1 aliphatic rings. The summed E-state index contributed by atoms with van der Waals surface area (Å²) in [6.07, 6.45) is 0. The maximum Gasteiger partial charge on any atom is 0.268 e. The van der Waals surface area contributed by atoms with E-state index in [2.05, 4.69) is 0 Å². The summed E-state index contributed by atoms with van der Waals surface area (Å²) in [5, 5.41) is 0. The van der Waals surface area contributed by atoms with E-state index in [1.54, 1.807) is 12.1 Å². The third-order valence-corrected chi connectivity index (χ3v) is 4.82. The molecule has 0 radical (unpaired) electrons. The summed E-state index contributed by atoms with van der Waals surface area (Å²) in [4.78, 5) is 14.3. The normalized spacial score (nSPS) is 22.2. The van der Waals surface area contributed by atoms with Gasteiger partial charge in [0.05, 0.1) is 0 Å². The van der Waals surface area contributed by atoms with Gasteiger partial charge in [0.15, 0.2) is 0 Å². The summed E-state index contributed by atoms with van der Waals surface area (Å²) in [5.41, 5.74) is -0.600. The zero-order chi connectivity index (χ0) is 18.1. The van der Waals surface area contributed by atoms with Crippen molar-refractivity contribution in [3.8, 4) is 0 Å². The van der Waals surface area contributed by atoms with Gasteiger partial charge in [0.25, 0.3) is 5.91 Å². The maximum atomic E-state index is 16.0. The van der Waals surface area contributed by atoms with Crippen molar-refractivity contribution in [1.82, 2.24) is 4.90 Å². The van der Waals surface area contributed by atoms with Gasteiger partial charge < -0.3 is 4.90 Å². The first-order chi connectivity index (χ1) is 12.6. The maximum absolute atomic E-state index is 16.0. The van der Waals surface area contributed by atoms with E-state index in [-0.39, 0.29) is 5.56 Å². The topological polar surface area (TPSA) is 20.3 Å². The molecule has 1 heterocycles. The zero-order valence-electron chi connectivity index (χ0n) is 14.0. The Morgan fingerprint density at radius 1 is 0.885 bits per heavy atom. The average molecular weight is 349 g/mol. The van der Waals surface area contributed by atoms with Crippen molar-refractivity contribution in [3.05, 3.63) is 107 Å². The molecule has 130 valence electrons. The predicted octanol–water partition coefficient (Wildman–Crippen LogP) is 4.77. The van der Waals surface area contributed by atoms with E-state index in [1.165, 1.54) is 23.1 Å². The zero-order valence-corrected chi connectivity index (χ0v) is 14.0. The lowest BCUT2D eigenvalue weighted by molar-refractivity contribution is -0.181. The van der Waals surface area contributed by atoms with Gasteiger partial charge in [-0.15, -0.1) is 0 Å². The minimum atomic E-state index is -2.27. The lowest BCUT2D eigenvalue weighted by atomic mass is 9.74. The van der Waals surface area contributed by atoms with Crippen LogP contribution in [-0.4, -0.2) is 10.8 Å². The molecule has 0 spiro atoms. The number of likely N-dealkylation sites (tertiary alicyclic amines) is 1. The molecule has 1 fully saturated rings. The number of nitrogens with zero attached hydrogens (tertiary/aromatic N) is 1. The molecule has 0 saturated carbocycles. The van der Waals surface area contributed by atoms with Gasteiger partial charge in [-0.3, -0.25) is 4.79 Å². The van der Waals surface area contributed by atoms with Crippen LogP contribution in [0.4, 0.5) is 8.78 Å². The Kier molecular flexibility index (Phi) is 4.03. The molecular formula is C22H17F2NO. The number of benzene rings is 3. The van der Waals surface area contributed by atoms with Gasteiger partial charge in [-0.1, -0.05) is 72.8 Å². The number of rotatable bonds is 4. The summed E-state index contributed by atoms with van der Waals surface area (Å²) in [7, 11) is 0. The van der Waals surface area contributed by atoms with Gasteiger partial charge in [-0.05, 0) is 23.3 Å². The molecule has 26 heavy (non-hydrogen) atoms. The first kappa shape index (κ1) is 16.5. The minimum Gasteiger partial charge on any atom is -0.324 e. The first-order valence-corrected chi connectivity index (χ1v) is 8.45. The highest BCUT2D eigenvalue weighted by molar-refractivity contribution is 5.94. The number of hydrogen-bond donors (Lipinski definition) is 0. The van der Waals surface area contributed by atoms with Crippen LogP contribution in [0.1, 0.15) is 22.7 Å². The van der Waals surface area contributed by atoms with E-state index in [0.29, 0.717) is 12.1 Å². The second-order valence-electron chi connectivity index (χ2n) is 6.45. The van der Waals surface area contributed by atoms with Crippen molar-refractivity contribution >= 4 is 5.91 Å². The van der Waals surface area contributed by atoms with Crippen molar-refractivity contribution in [3.63, 3.8) is 0 Å². The first-order valence-electron chi connectivity index (χ1n) is 8.45. The summed E-state index contributed by atoms with van der Waals surface area (Å²) in [6, 6.07) is 23.0. The van der Waals surface area contributed by atoms with Gasteiger partial charge in [0.1, 0.15) is 11.9 Å². The molecule has 4 rings (SSSR count). The van der Waals surface area contributed by atoms with E-state index in [0.717, 1.165) is 11.6 Å². The van der Waals surface area contributed by atoms with Crippen LogP contribution in [0.25, 0.3) is 0 Å². The third kappa shape index (κ3) is 2.58. The molecule has 3 aromatic rings. The van der Waals surface area contributed by atoms with Crippen LogP contribution in [0, 0.1) is 5.82 Å². The van der Waals surface area contributed by atoms with Gasteiger partial charge >= 0.3 is 0 Å². The second kappa shape index (κ2) is 6.37. The molecule has 1 saturated heterocycles. The number of β-lactam (4-membered cyclic amide) rings is 1. The summed E-state index contributed by atoms with van der Waals surface area (Å²) >= 11 is 0. The van der Waals surface area contributed by atoms with E-state index < -0.39 is 23.4 Å². The lowest BCUT2D eigenvalue weighted by Gasteiger charge is -2.51. The van der Waals surface area contributed by atoms with Crippen molar-refractivity contribution < 1.29 is 13.6 Å². The molecule has 4 heteroatoms. The fraction of sp³-hybridized carbons (Fsp3) is 0.136. The average Bonchev–Trinajstić information content (AvgIpc) is 2.68. The molecule has 1 aliphatic heterocycles. The largest absolute Gasteiger partial charge is 0.324 e. The van der Waals surface area contributed by atoms with Gasteiger partial charge in [-0.2, -0.15) is 0 Å². The fourth-order valence-electron chi connectivity index (χ4n) is 3.58. The van der Waals surface area contributed by atoms with Crippen LogP contribution in [0.2, 0.25) is 0 Å². The van der Waals surface area contributed by atoms with Crippen LogP contribution in [0.5, 0.6) is 0 Å². The monoisotopic (exact) mass is 349 g/mol. The van der Waals surface area contributed by atoms with Crippen LogP contribution < -0.4 is 0 Å². The Morgan fingerprint density at radius 2 is 1.54 bits per heavy atom. The van der Waals surface area contributed by atoms with Crippen LogP contribution >= 0.6 is 0 Å². The Morgan fingerprint density at radius 3 is 2.19 bits per heavy atom. The second-order valence-corrected chi connectivity index (χ2v) is 6.45. The number of carbonyl (C=O) groups is 1. The smallest absolute Gasteiger partial charge is 0.268 e.